The van der Waals surface area contributed by atoms with Gasteiger partial charge in [0, 0.05) is 12.5 Å². The van der Waals surface area contributed by atoms with Crippen LogP contribution in [-0.4, -0.2) is 26.4 Å². The van der Waals surface area contributed by atoms with Crippen molar-refractivity contribution in [1.29, 1.82) is 0 Å². The Morgan fingerprint density at radius 1 is 1.17 bits per heavy atom. The van der Waals surface area contributed by atoms with Crippen LogP contribution in [0.2, 0.25) is 0 Å². The Morgan fingerprint density at radius 3 is 1.17 bits per heavy atom. The molecule has 0 atom stereocenters. The van der Waals surface area contributed by atoms with Gasteiger partial charge in [0.15, 0.2) is 0 Å². The molecule has 0 aromatic rings. The molecule has 0 spiro atoms. The summed E-state index contributed by atoms with van der Waals surface area (Å²) in [5.41, 5.74) is 0. The number of hydrogen-bond donors (Lipinski definition) is 0. The van der Waals surface area contributed by atoms with E-state index in [2.05, 4.69) is 0 Å². The third kappa shape index (κ3) is 4090. The molecule has 4 heteroatoms. The van der Waals surface area contributed by atoms with Crippen LogP contribution in [0.25, 0.3) is 0 Å². The van der Waals surface area contributed by atoms with E-state index in [0.29, 0.717) is 0 Å². The lowest BCUT2D eigenvalue weighted by Crippen LogP contribution is -1.86. The second-order valence-corrected chi connectivity index (χ2v) is 3.43. The monoisotopic (exact) mass is 112 g/mol. The van der Waals surface area contributed by atoms with Gasteiger partial charge < -0.3 is 5.48 Å². The molecule has 0 aliphatic heterocycles. The van der Waals surface area contributed by atoms with Crippen LogP contribution in [-0.2, 0) is 9.84 Å². The Kier molecular flexibility index (Phi) is 3.34. The molecule has 0 heterocycles. The fourth-order valence-corrected chi connectivity index (χ4v) is 0. The van der Waals surface area contributed by atoms with Gasteiger partial charge in [-0.1, -0.05) is 0 Å². The summed E-state index contributed by atoms with van der Waals surface area (Å²) in [5, 5.41) is 0. The van der Waals surface area contributed by atoms with E-state index < -0.39 is 9.84 Å². The molecule has 3 nitrogen and oxygen atoms in total. The second-order valence-electron chi connectivity index (χ2n) is 1.14. The van der Waals surface area contributed by atoms with Crippen LogP contribution in [0.3, 0.4) is 0 Å². The van der Waals surface area contributed by atoms with Crippen LogP contribution in [0.4, 0.5) is 0 Å². The molecule has 6 heavy (non-hydrogen) atoms. The van der Waals surface area contributed by atoms with Crippen LogP contribution in [0, 0.1) is 0 Å². The van der Waals surface area contributed by atoms with Crippen LogP contribution in [0.15, 0.2) is 0 Å². The first kappa shape index (κ1) is 9.32. The Bertz CT molecular complexity index is 92.0. The van der Waals surface area contributed by atoms with Crippen molar-refractivity contribution in [1.82, 2.24) is 0 Å². The lowest BCUT2D eigenvalue weighted by molar-refractivity contribution is 0.607. The summed E-state index contributed by atoms with van der Waals surface area (Å²) in [6.45, 7) is 0. The highest BCUT2D eigenvalue weighted by Crippen LogP contribution is 1.61. The first-order valence-electron chi connectivity index (χ1n) is 1.15. The zero-order valence-corrected chi connectivity index (χ0v) is 4.54. The molecular formula is C2H8O3S. The summed E-state index contributed by atoms with van der Waals surface area (Å²) in [4.78, 5) is 0. The van der Waals surface area contributed by atoms with Crippen LogP contribution < -0.4 is 0 Å². The van der Waals surface area contributed by atoms with Gasteiger partial charge >= 0.3 is 0 Å². The minimum atomic E-state index is -2.67. The molecule has 0 saturated carbocycles. The van der Waals surface area contributed by atoms with E-state index in [4.69, 9.17) is 0 Å². The smallest absolute Gasteiger partial charge is 0.144 e. The van der Waals surface area contributed by atoms with E-state index in [1.54, 1.807) is 0 Å². The Hall–Kier alpha value is -0.0900. The third-order valence-electron chi connectivity index (χ3n) is 0. The molecule has 0 saturated heterocycles. The van der Waals surface area contributed by atoms with Crippen molar-refractivity contribution < 1.29 is 13.9 Å². The van der Waals surface area contributed by atoms with Gasteiger partial charge in [0.25, 0.3) is 0 Å². The fourth-order valence-electron chi connectivity index (χ4n) is 0. The SMILES string of the molecule is CS(C)(=O)=O.O. The van der Waals surface area contributed by atoms with E-state index in [-0.39, 0.29) is 5.48 Å². The summed E-state index contributed by atoms with van der Waals surface area (Å²) >= 11 is 0. The van der Waals surface area contributed by atoms with Gasteiger partial charge in [0.1, 0.15) is 9.84 Å². The van der Waals surface area contributed by atoms with Crippen LogP contribution in [0.5, 0.6) is 0 Å². The van der Waals surface area contributed by atoms with E-state index in [9.17, 15) is 8.42 Å². The normalized spacial score (nSPS) is 9.67. The van der Waals surface area contributed by atoms with Gasteiger partial charge in [-0.15, -0.1) is 0 Å². The maximum Gasteiger partial charge on any atom is 0.144 e. The Labute approximate surface area is 37.2 Å². The van der Waals surface area contributed by atoms with Gasteiger partial charge in [-0.2, -0.15) is 0 Å². The van der Waals surface area contributed by atoms with E-state index in [1.165, 1.54) is 0 Å². The molecular weight excluding hydrogens is 104 g/mol. The molecule has 2 N–H and O–H groups in total. The summed E-state index contributed by atoms with van der Waals surface area (Å²) in [7, 11) is -2.67. The number of hydrogen-bond acceptors (Lipinski definition) is 2. The lowest BCUT2D eigenvalue weighted by Gasteiger charge is -1.69. The highest BCUT2D eigenvalue weighted by atomic mass is 32.2. The molecule has 0 radical (unpaired) electrons. The molecule has 0 rings (SSSR count). The van der Waals surface area contributed by atoms with Gasteiger partial charge in [0.05, 0.1) is 0 Å². The van der Waals surface area contributed by atoms with Gasteiger partial charge in [-0.05, 0) is 0 Å². The van der Waals surface area contributed by atoms with Gasteiger partial charge in [-0.25, -0.2) is 8.42 Å². The first-order valence-corrected chi connectivity index (χ1v) is 3.45. The van der Waals surface area contributed by atoms with Crippen LogP contribution in [0.1, 0.15) is 0 Å². The average molecular weight is 112 g/mol. The summed E-state index contributed by atoms with van der Waals surface area (Å²) in [5.74, 6) is 0. The van der Waals surface area contributed by atoms with Crippen molar-refractivity contribution in [2.75, 3.05) is 12.5 Å². The minimum Gasteiger partial charge on any atom is -0.412 e. The summed E-state index contributed by atoms with van der Waals surface area (Å²) < 4.78 is 19.3. The number of rotatable bonds is 0. The van der Waals surface area contributed by atoms with Gasteiger partial charge in [0.2, 0.25) is 0 Å². The quantitative estimate of drug-likeness (QED) is 0.396. The van der Waals surface area contributed by atoms with Gasteiger partial charge in [-0.3, -0.25) is 0 Å². The van der Waals surface area contributed by atoms with E-state index in [1.807, 2.05) is 0 Å². The largest absolute Gasteiger partial charge is 0.412 e. The average Bonchev–Trinajstić information content (AvgIpc) is 0.722. The summed E-state index contributed by atoms with van der Waals surface area (Å²) in [6.07, 6.45) is 2.32. The van der Waals surface area contributed by atoms with Crippen molar-refractivity contribution in [3.63, 3.8) is 0 Å². The van der Waals surface area contributed by atoms with E-state index in [0.717, 1.165) is 12.5 Å². The maximum atomic E-state index is 9.63. The Balaban J connectivity index is 0. The zero-order valence-electron chi connectivity index (χ0n) is 3.72. The molecule has 40 valence electrons. The summed E-state index contributed by atoms with van der Waals surface area (Å²) in [6, 6.07) is 0. The van der Waals surface area contributed by atoms with E-state index >= 15 is 0 Å². The molecule has 0 aliphatic carbocycles. The van der Waals surface area contributed by atoms with Crippen molar-refractivity contribution in [2.24, 2.45) is 0 Å². The Morgan fingerprint density at radius 2 is 1.17 bits per heavy atom. The maximum absolute atomic E-state index is 9.63. The standard InChI is InChI=1S/C2H6O2S.H2O/c1-5(2,3)4;/h1-2H3;1H2. The predicted octanol–water partition coefficient (Wildman–Crippen LogP) is -1.16. The fraction of sp³-hybridized carbons (Fsp3) is 1.00. The highest BCUT2D eigenvalue weighted by molar-refractivity contribution is 7.89. The lowest BCUT2D eigenvalue weighted by atomic mass is 11.9. The van der Waals surface area contributed by atoms with Crippen molar-refractivity contribution in [3.05, 3.63) is 0 Å². The molecule has 0 fully saturated rings. The molecule has 0 aromatic heterocycles. The first-order chi connectivity index (χ1) is 2.00. The molecule has 0 unspecified atom stereocenters. The predicted molar refractivity (Wildman–Crippen MR) is 24.4 cm³/mol. The highest BCUT2D eigenvalue weighted by Gasteiger charge is 1.79. The number of sulfone groups is 1. The van der Waals surface area contributed by atoms with Crippen molar-refractivity contribution >= 4 is 9.84 Å². The molecule has 0 amide bonds. The van der Waals surface area contributed by atoms with Crippen molar-refractivity contribution in [2.45, 2.75) is 0 Å². The molecule has 0 bridgehead atoms. The molecule has 0 aliphatic rings. The molecule has 0 aromatic carbocycles. The van der Waals surface area contributed by atoms with Crippen molar-refractivity contribution in [3.8, 4) is 0 Å². The zero-order chi connectivity index (χ0) is 4.50. The second kappa shape index (κ2) is 2.15. The third-order valence-corrected chi connectivity index (χ3v) is 0. The topological polar surface area (TPSA) is 65.6 Å². The minimum absolute atomic E-state index is 0. The van der Waals surface area contributed by atoms with Crippen LogP contribution >= 0.6 is 0 Å².